The predicted octanol–water partition coefficient (Wildman–Crippen LogP) is 4.86. The molecule has 1 aliphatic rings. The molecule has 4 rings (SSSR count). The van der Waals surface area contributed by atoms with Crippen molar-refractivity contribution in [2.75, 3.05) is 4.90 Å². The van der Waals surface area contributed by atoms with Crippen molar-refractivity contribution in [3.8, 4) is 0 Å². The van der Waals surface area contributed by atoms with Gasteiger partial charge in [0.1, 0.15) is 11.3 Å². The van der Waals surface area contributed by atoms with E-state index < -0.39 is 17.8 Å². The van der Waals surface area contributed by atoms with Crippen LogP contribution in [0, 0.1) is 0 Å². The minimum Gasteiger partial charge on any atom is -0.450 e. The zero-order valence-corrected chi connectivity index (χ0v) is 17.2. The Kier molecular flexibility index (Phi) is 5.37. The van der Waals surface area contributed by atoms with Crippen LogP contribution in [-0.2, 0) is 9.59 Å². The number of anilines is 1. The molecule has 0 atom stereocenters. The lowest BCUT2D eigenvalue weighted by Crippen LogP contribution is -2.54. The van der Waals surface area contributed by atoms with Gasteiger partial charge in [-0.05, 0) is 48.5 Å². The number of nitrogens with zero attached hydrogens (tertiary/aromatic N) is 1. The highest BCUT2D eigenvalue weighted by Gasteiger charge is 2.37. The fraction of sp³-hybridized carbons (Fsp3) is 0. The molecule has 0 saturated carbocycles. The van der Waals surface area contributed by atoms with E-state index >= 15 is 0 Å². The summed E-state index contributed by atoms with van der Waals surface area (Å²) in [6.45, 7) is 0. The molecule has 1 saturated heterocycles. The molecule has 2 aromatic carbocycles. The molecular formula is C21H13BrN2O4S. The Morgan fingerprint density at radius 3 is 2.52 bits per heavy atom. The van der Waals surface area contributed by atoms with Crippen molar-refractivity contribution in [1.82, 2.24) is 5.32 Å². The van der Waals surface area contributed by atoms with Crippen molar-refractivity contribution in [1.29, 1.82) is 0 Å². The maximum Gasteiger partial charge on any atom is 0.335 e. The lowest BCUT2D eigenvalue weighted by molar-refractivity contribution is -0.122. The quantitative estimate of drug-likeness (QED) is 0.436. The summed E-state index contributed by atoms with van der Waals surface area (Å²) in [5, 5.41) is 2.81. The van der Waals surface area contributed by atoms with Crippen LogP contribution in [0.2, 0.25) is 0 Å². The number of amides is 4. The number of imide groups is 2. The molecule has 1 aromatic heterocycles. The molecule has 0 aliphatic carbocycles. The molecule has 8 heteroatoms. The first-order valence-electron chi connectivity index (χ1n) is 8.51. The Morgan fingerprint density at radius 1 is 0.966 bits per heavy atom. The van der Waals surface area contributed by atoms with Gasteiger partial charge in [0.2, 0.25) is 0 Å². The van der Waals surface area contributed by atoms with Gasteiger partial charge in [-0.25, -0.2) is 9.69 Å². The van der Waals surface area contributed by atoms with E-state index in [-0.39, 0.29) is 5.57 Å². The van der Waals surface area contributed by atoms with Crippen LogP contribution in [0.25, 0.3) is 6.08 Å². The third kappa shape index (κ3) is 4.18. The average molecular weight is 469 g/mol. The maximum absolute atomic E-state index is 12.9. The maximum atomic E-state index is 12.9. The van der Waals surface area contributed by atoms with Crippen molar-refractivity contribution in [2.24, 2.45) is 0 Å². The first-order chi connectivity index (χ1) is 14.0. The van der Waals surface area contributed by atoms with Crippen molar-refractivity contribution in [3.63, 3.8) is 0 Å². The van der Waals surface area contributed by atoms with Crippen LogP contribution in [0.4, 0.5) is 10.5 Å². The topological polar surface area (TPSA) is 79.6 Å². The van der Waals surface area contributed by atoms with Gasteiger partial charge in [0.25, 0.3) is 11.8 Å². The van der Waals surface area contributed by atoms with Crippen LogP contribution < -0.4 is 10.2 Å². The molecule has 2 heterocycles. The van der Waals surface area contributed by atoms with Gasteiger partial charge in [0, 0.05) is 9.37 Å². The Labute approximate surface area is 178 Å². The van der Waals surface area contributed by atoms with E-state index in [1.165, 1.54) is 17.8 Å². The minimum atomic E-state index is -0.796. The van der Waals surface area contributed by atoms with Crippen molar-refractivity contribution < 1.29 is 18.8 Å². The summed E-state index contributed by atoms with van der Waals surface area (Å²) in [5.41, 5.74) is 0.162. The predicted molar refractivity (Wildman–Crippen MR) is 112 cm³/mol. The summed E-state index contributed by atoms with van der Waals surface area (Å²) in [7, 11) is 0. The zero-order valence-electron chi connectivity index (χ0n) is 14.8. The summed E-state index contributed by atoms with van der Waals surface area (Å²) in [4.78, 5) is 39.3. The van der Waals surface area contributed by atoms with Crippen LogP contribution in [0.5, 0.6) is 0 Å². The first-order valence-corrected chi connectivity index (χ1v) is 10.1. The SMILES string of the molecule is O=C1NC(=O)N(c2cccc(Br)c2)C(=O)/C1=C/c1ccc(Sc2ccccc2)o1. The molecule has 6 nitrogen and oxygen atoms in total. The van der Waals surface area contributed by atoms with Gasteiger partial charge < -0.3 is 4.42 Å². The Balaban J connectivity index is 1.61. The number of hydrogen-bond donors (Lipinski definition) is 1. The van der Waals surface area contributed by atoms with E-state index in [9.17, 15) is 14.4 Å². The molecule has 0 unspecified atom stereocenters. The van der Waals surface area contributed by atoms with Crippen LogP contribution in [0.15, 0.2) is 91.2 Å². The van der Waals surface area contributed by atoms with Gasteiger partial charge in [-0.2, -0.15) is 0 Å². The average Bonchev–Trinajstić information content (AvgIpc) is 3.13. The lowest BCUT2D eigenvalue weighted by atomic mass is 10.1. The Hall–Kier alpha value is -3.10. The highest BCUT2D eigenvalue weighted by molar-refractivity contribution is 9.10. The number of benzene rings is 2. The number of carbonyl (C=O) groups is 3. The second-order valence-electron chi connectivity index (χ2n) is 6.01. The summed E-state index contributed by atoms with van der Waals surface area (Å²) in [6.07, 6.45) is 1.34. The number of rotatable bonds is 4. The van der Waals surface area contributed by atoms with Gasteiger partial charge >= 0.3 is 6.03 Å². The monoisotopic (exact) mass is 468 g/mol. The number of hydrogen-bond acceptors (Lipinski definition) is 5. The minimum absolute atomic E-state index is 0.185. The van der Waals surface area contributed by atoms with E-state index in [0.717, 1.165) is 9.80 Å². The smallest absolute Gasteiger partial charge is 0.335 e. The lowest BCUT2D eigenvalue weighted by Gasteiger charge is -2.26. The zero-order chi connectivity index (χ0) is 20.4. The number of nitrogens with one attached hydrogen (secondary N) is 1. The highest BCUT2D eigenvalue weighted by atomic mass is 79.9. The van der Waals surface area contributed by atoms with Crippen LogP contribution in [-0.4, -0.2) is 17.8 Å². The van der Waals surface area contributed by atoms with Crippen molar-refractivity contribution in [2.45, 2.75) is 9.99 Å². The number of halogens is 1. The Morgan fingerprint density at radius 2 is 1.76 bits per heavy atom. The summed E-state index contributed by atoms with van der Waals surface area (Å²) >= 11 is 4.73. The number of carbonyl (C=O) groups excluding carboxylic acids is 3. The highest BCUT2D eigenvalue weighted by Crippen LogP contribution is 2.30. The third-order valence-corrected chi connectivity index (χ3v) is 5.44. The molecule has 3 aromatic rings. The summed E-state index contributed by atoms with van der Waals surface area (Å²) in [5.74, 6) is -1.14. The second-order valence-corrected chi connectivity index (χ2v) is 8.00. The fourth-order valence-electron chi connectivity index (χ4n) is 2.72. The molecule has 0 radical (unpaired) electrons. The molecule has 1 N–H and O–H groups in total. The van der Waals surface area contributed by atoms with Crippen LogP contribution in [0.1, 0.15) is 5.76 Å². The molecule has 4 amide bonds. The fourth-order valence-corrected chi connectivity index (χ4v) is 3.91. The molecule has 0 bridgehead atoms. The van der Waals surface area contributed by atoms with E-state index in [4.69, 9.17) is 4.42 Å². The van der Waals surface area contributed by atoms with Crippen molar-refractivity contribution in [3.05, 3.63) is 82.5 Å². The summed E-state index contributed by atoms with van der Waals surface area (Å²) in [6, 6.07) is 19.0. The normalized spacial score (nSPS) is 15.7. The molecule has 0 spiro atoms. The van der Waals surface area contributed by atoms with Gasteiger partial charge in [-0.3, -0.25) is 14.9 Å². The van der Waals surface area contributed by atoms with E-state index in [1.807, 2.05) is 30.3 Å². The van der Waals surface area contributed by atoms with Crippen LogP contribution in [0.3, 0.4) is 0 Å². The molecule has 144 valence electrons. The molecular weight excluding hydrogens is 456 g/mol. The first kappa shape index (κ1) is 19.2. The largest absolute Gasteiger partial charge is 0.450 e. The van der Waals surface area contributed by atoms with E-state index in [1.54, 1.807) is 36.4 Å². The van der Waals surface area contributed by atoms with Gasteiger partial charge in [0.05, 0.1) is 5.69 Å². The van der Waals surface area contributed by atoms with E-state index in [2.05, 4.69) is 21.2 Å². The standard InChI is InChI=1S/C21H13BrN2O4S/c22-13-5-4-6-14(11-13)24-20(26)17(19(25)23-21(24)27)12-15-9-10-18(28-15)29-16-7-2-1-3-8-16/h1-12H,(H,23,25,27)/b17-12+. The second kappa shape index (κ2) is 8.10. The number of urea groups is 1. The van der Waals surface area contributed by atoms with Gasteiger partial charge in [-0.15, -0.1) is 0 Å². The van der Waals surface area contributed by atoms with Crippen LogP contribution >= 0.6 is 27.7 Å². The van der Waals surface area contributed by atoms with Crippen molar-refractivity contribution >= 4 is 57.3 Å². The third-order valence-electron chi connectivity index (χ3n) is 4.02. The molecule has 1 aliphatic heterocycles. The Bertz CT molecular complexity index is 1140. The van der Waals surface area contributed by atoms with E-state index in [0.29, 0.717) is 21.0 Å². The van der Waals surface area contributed by atoms with Gasteiger partial charge in [-0.1, -0.05) is 52.0 Å². The number of barbiturate groups is 1. The molecule has 29 heavy (non-hydrogen) atoms. The number of furan rings is 1. The summed E-state index contributed by atoms with van der Waals surface area (Å²) < 4.78 is 6.42. The molecule has 1 fully saturated rings. The van der Waals surface area contributed by atoms with Gasteiger partial charge in [0.15, 0.2) is 5.09 Å².